The highest BCUT2D eigenvalue weighted by Gasteiger charge is 2.42. The molecule has 0 radical (unpaired) electrons. The lowest BCUT2D eigenvalue weighted by Crippen LogP contribution is -2.32. The highest BCUT2D eigenvalue weighted by molar-refractivity contribution is 6.00. The fourth-order valence-corrected chi connectivity index (χ4v) is 4.16. The average molecular weight is 436 g/mol. The molecule has 2 N–H and O–H groups in total. The van der Waals surface area contributed by atoms with Gasteiger partial charge in [-0.15, -0.1) is 0 Å². The molecule has 2 heterocycles. The zero-order valence-corrected chi connectivity index (χ0v) is 18.5. The van der Waals surface area contributed by atoms with Gasteiger partial charge in [0.2, 0.25) is 0 Å². The predicted octanol–water partition coefficient (Wildman–Crippen LogP) is 4.54. The SMILES string of the molecule is CCCCCOc1cccc([C@@H]2c3c(-c4ccccc4O)n[nH]c3C(=O)N2CCOC)c1. The summed E-state index contributed by atoms with van der Waals surface area (Å²) in [4.78, 5) is 15.0. The summed E-state index contributed by atoms with van der Waals surface area (Å²) < 4.78 is 11.2. The summed E-state index contributed by atoms with van der Waals surface area (Å²) in [5.74, 6) is 0.764. The van der Waals surface area contributed by atoms with E-state index in [0.29, 0.717) is 36.7 Å². The first kappa shape index (κ1) is 21.9. The lowest BCUT2D eigenvalue weighted by Gasteiger charge is -2.26. The number of amides is 1. The number of rotatable bonds is 10. The van der Waals surface area contributed by atoms with Crippen LogP contribution >= 0.6 is 0 Å². The van der Waals surface area contributed by atoms with E-state index in [2.05, 4.69) is 17.1 Å². The Bertz CT molecular complexity index is 1080. The van der Waals surface area contributed by atoms with Crippen LogP contribution < -0.4 is 4.74 Å². The molecule has 168 valence electrons. The fraction of sp³-hybridized carbons (Fsp3) is 0.360. The smallest absolute Gasteiger partial charge is 0.273 e. The molecule has 0 aliphatic carbocycles. The first-order chi connectivity index (χ1) is 15.7. The number of aromatic hydroxyl groups is 1. The summed E-state index contributed by atoms with van der Waals surface area (Å²) in [5.41, 5.74) is 3.29. The lowest BCUT2D eigenvalue weighted by atomic mass is 9.95. The molecule has 1 aliphatic heterocycles. The number of hydrogen-bond donors (Lipinski definition) is 2. The number of carbonyl (C=O) groups is 1. The summed E-state index contributed by atoms with van der Waals surface area (Å²) in [7, 11) is 1.62. The molecular formula is C25H29N3O4. The molecule has 0 saturated heterocycles. The van der Waals surface area contributed by atoms with E-state index in [1.807, 2.05) is 30.3 Å². The number of hydrogen-bond acceptors (Lipinski definition) is 5. The van der Waals surface area contributed by atoms with Crippen molar-refractivity contribution in [3.8, 4) is 22.8 Å². The summed E-state index contributed by atoms with van der Waals surface area (Å²) >= 11 is 0. The van der Waals surface area contributed by atoms with Gasteiger partial charge in [-0.1, -0.05) is 44.0 Å². The number of phenolic OH excluding ortho intramolecular Hbond substituents is 1. The van der Waals surface area contributed by atoms with Gasteiger partial charge in [-0.2, -0.15) is 5.10 Å². The van der Waals surface area contributed by atoms with E-state index in [1.54, 1.807) is 30.2 Å². The molecule has 0 saturated carbocycles. The monoisotopic (exact) mass is 435 g/mol. The Balaban J connectivity index is 1.74. The molecule has 32 heavy (non-hydrogen) atoms. The van der Waals surface area contributed by atoms with Crippen LogP contribution in [0.3, 0.4) is 0 Å². The first-order valence-electron chi connectivity index (χ1n) is 11.0. The minimum atomic E-state index is -0.361. The van der Waals surface area contributed by atoms with E-state index in [1.165, 1.54) is 0 Å². The highest BCUT2D eigenvalue weighted by Crippen LogP contribution is 2.44. The maximum atomic E-state index is 13.3. The Morgan fingerprint density at radius 3 is 2.75 bits per heavy atom. The van der Waals surface area contributed by atoms with E-state index in [4.69, 9.17) is 9.47 Å². The number of aromatic amines is 1. The quantitative estimate of drug-likeness (QED) is 0.457. The number of nitrogens with one attached hydrogen (secondary N) is 1. The van der Waals surface area contributed by atoms with Crippen molar-refractivity contribution in [3.63, 3.8) is 0 Å². The molecule has 0 bridgehead atoms. The van der Waals surface area contributed by atoms with Crippen LogP contribution in [0.1, 0.15) is 53.8 Å². The molecule has 0 unspecified atom stereocenters. The van der Waals surface area contributed by atoms with Gasteiger partial charge in [0.1, 0.15) is 22.9 Å². The highest BCUT2D eigenvalue weighted by atomic mass is 16.5. The van der Waals surface area contributed by atoms with Crippen LogP contribution in [-0.2, 0) is 4.74 Å². The number of methoxy groups -OCH3 is 1. The standard InChI is InChI=1S/C25H29N3O4/c1-3-4-7-14-32-18-10-8-9-17(16-18)24-21-22(19-11-5-6-12-20(19)29)26-27-23(21)25(30)28(24)13-15-31-2/h5-6,8-12,16,24,29H,3-4,7,13-15H2,1-2H3,(H,26,27)/t24-/m1/s1. The second-order valence-electron chi connectivity index (χ2n) is 7.90. The normalized spacial score (nSPS) is 15.2. The van der Waals surface area contributed by atoms with Gasteiger partial charge in [-0.3, -0.25) is 9.89 Å². The summed E-state index contributed by atoms with van der Waals surface area (Å²) in [6.07, 6.45) is 3.27. The van der Waals surface area contributed by atoms with Crippen LogP contribution in [0.15, 0.2) is 48.5 Å². The van der Waals surface area contributed by atoms with Gasteiger partial charge in [0.25, 0.3) is 5.91 Å². The average Bonchev–Trinajstić information content (AvgIpc) is 3.34. The first-order valence-corrected chi connectivity index (χ1v) is 11.0. The second kappa shape index (κ2) is 9.87. The number of unbranched alkanes of at least 4 members (excludes halogenated alkanes) is 2. The number of fused-ring (bicyclic) bond motifs is 1. The van der Waals surface area contributed by atoms with Gasteiger partial charge in [0, 0.05) is 24.8 Å². The minimum Gasteiger partial charge on any atom is -0.507 e. The van der Waals surface area contributed by atoms with Crippen molar-refractivity contribution < 1.29 is 19.4 Å². The lowest BCUT2D eigenvalue weighted by molar-refractivity contribution is 0.0677. The number of nitrogens with zero attached hydrogens (tertiary/aromatic N) is 2. The second-order valence-corrected chi connectivity index (χ2v) is 7.90. The van der Waals surface area contributed by atoms with E-state index in [-0.39, 0.29) is 17.7 Å². The van der Waals surface area contributed by atoms with Crippen molar-refractivity contribution in [3.05, 3.63) is 65.4 Å². The molecule has 4 rings (SSSR count). The third-order valence-corrected chi connectivity index (χ3v) is 5.75. The van der Waals surface area contributed by atoms with Crippen molar-refractivity contribution in [2.24, 2.45) is 0 Å². The van der Waals surface area contributed by atoms with E-state index in [9.17, 15) is 9.90 Å². The molecule has 1 aromatic heterocycles. The Morgan fingerprint density at radius 1 is 1.12 bits per heavy atom. The molecule has 7 nitrogen and oxygen atoms in total. The van der Waals surface area contributed by atoms with E-state index >= 15 is 0 Å². The fourth-order valence-electron chi connectivity index (χ4n) is 4.16. The van der Waals surface area contributed by atoms with Crippen LogP contribution in [0.2, 0.25) is 0 Å². The molecule has 1 amide bonds. The van der Waals surface area contributed by atoms with E-state index in [0.717, 1.165) is 36.1 Å². The van der Waals surface area contributed by atoms with Crippen LogP contribution in [0, 0.1) is 0 Å². The molecular weight excluding hydrogens is 406 g/mol. The molecule has 0 spiro atoms. The molecule has 2 aromatic carbocycles. The van der Waals surface area contributed by atoms with E-state index < -0.39 is 0 Å². The van der Waals surface area contributed by atoms with Gasteiger partial charge in [-0.25, -0.2) is 0 Å². The number of H-pyrrole nitrogens is 1. The number of ether oxygens (including phenoxy) is 2. The number of carbonyl (C=O) groups excluding carboxylic acids is 1. The predicted molar refractivity (Wildman–Crippen MR) is 122 cm³/mol. The largest absolute Gasteiger partial charge is 0.507 e. The van der Waals surface area contributed by atoms with Gasteiger partial charge in [0.15, 0.2) is 0 Å². The van der Waals surface area contributed by atoms with Gasteiger partial charge < -0.3 is 19.5 Å². The van der Waals surface area contributed by atoms with Crippen molar-refractivity contribution >= 4 is 5.91 Å². The number of benzene rings is 2. The summed E-state index contributed by atoms with van der Waals surface area (Å²) in [6, 6.07) is 14.5. The Morgan fingerprint density at radius 2 is 1.97 bits per heavy atom. The third-order valence-electron chi connectivity index (χ3n) is 5.75. The Hall–Kier alpha value is -3.32. The van der Waals surface area contributed by atoms with Crippen LogP contribution in [-0.4, -0.2) is 53.0 Å². The van der Waals surface area contributed by atoms with Crippen molar-refractivity contribution in [1.82, 2.24) is 15.1 Å². The van der Waals surface area contributed by atoms with Crippen LogP contribution in [0.4, 0.5) is 0 Å². The maximum absolute atomic E-state index is 13.3. The van der Waals surface area contributed by atoms with Gasteiger partial charge in [0.05, 0.1) is 19.3 Å². The van der Waals surface area contributed by atoms with Crippen molar-refractivity contribution in [1.29, 1.82) is 0 Å². The maximum Gasteiger partial charge on any atom is 0.273 e. The zero-order chi connectivity index (χ0) is 22.5. The number of para-hydroxylation sites is 1. The zero-order valence-electron chi connectivity index (χ0n) is 18.5. The molecule has 1 atom stereocenters. The van der Waals surface area contributed by atoms with Gasteiger partial charge >= 0.3 is 0 Å². The van der Waals surface area contributed by atoms with Crippen molar-refractivity contribution in [2.75, 3.05) is 26.9 Å². The summed E-state index contributed by atoms with van der Waals surface area (Å²) in [6.45, 7) is 3.68. The molecule has 0 fully saturated rings. The van der Waals surface area contributed by atoms with Gasteiger partial charge in [-0.05, 0) is 36.2 Å². The van der Waals surface area contributed by atoms with Crippen molar-refractivity contribution in [2.45, 2.75) is 32.2 Å². The molecule has 1 aliphatic rings. The Kier molecular flexibility index (Phi) is 6.75. The number of aromatic nitrogens is 2. The van der Waals surface area contributed by atoms with Crippen LogP contribution in [0.25, 0.3) is 11.3 Å². The van der Waals surface area contributed by atoms with Crippen LogP contribution in [0.5, 0.6) is 11.5 Å². The minimum absolute atomic E-state index is 0.122. The number of phenols is 1. The topological polar surface area (TPSA) is 87.7 Å². The molecule has 7 heteroatoms. The molecule has 3 aromatic rings. The Labute approximate surface area is 188 Å². The third kappa shape index (κ3) is 4.21. The summed E-state index contributed by atoms with van der Waals surface area (Å²) in [5, 5.41) is 17.7.